The first kappa shape index (κ1) is 21.5. The van der Waals surface area contributed by atoms with Gasteiger partial charge in [0.2, 0.25) is 5.91 Å². The van der Waals surface area contributed by atoms with E-state index < -0.39 is 0 Å². The van der Waals surface area contributed by atoms with Crippen LogP contribution in [0, 0.1) is 11.8 Å². The van der Waals surface area contributed by atoms with Crippen molar-refractivity contribution in [1.82, 2.24) is 4.90 Å². The van der Waals surface area contributed by atoms with Crippen LogP contribution in [-0.4, -0.2) is 23.9 Å². The van der Waals surface area contributed by atoms with E-state index in [1.807, 2.05) is 0 Å². The zero-order chi connectivity index (χ0) is 17.6. The average Bonchev–Trinajstić information content (AvgIpc) is 2.76. The molecular weight excluding hydrogens is 294 g/mol. The lowest BCUT2D eigenvalue weighted by Gasteiger charge is -2.28. The van der Waals surface area contributed by atoms with Gasteiger partial charge in [0.05, 0.1) is 0 Å². The Kier molecular flexibility index (Phi) is 12.3. The van der Waals surface area contributed by atoms with Crippen LogP contribution in [0.5, 0.6) is 0 Å². The third-order valence-electron chi connectivity index (χ3n) is 5.82. The van der Waals surface area contributed by atoms with E-state index in [0.717, 1.165) is 31.8 Å². The van der Waals surface area contributed by atoms with Crippen LogP contribution in [0.1, 0.15) is 111 Å². The predicted molar refractivity (Wildman–Crippen MR) is 105 cm³/mol. The highest BCUT2D eigenvalue weighted by Crippen LogP contribution is 2.25. The largest absolute Gasteiger partial charge is 0.342 e. The number of nitrogens with zero attached hydrogens (tertiary/aromatic N) is 1. The maximum Gasteiger partial charge on any atom is 0.222 e. The number of carbonyl (C=O) groups is 1. The van der Waals surface area contributed by atoms with Gasteiger partial charge in [0.1, 0.15) is 0 Å². The Balaban J connectivity index is 2.36. The van der Waals surface area contributed by atoms with Gasteiger partial charge in [0.25, 0.3) is 0 Å². The highest BCUT2D eigenvalue weighted by molar-refractivity contribution is 5.76. The number of likely N-dealkylation sites (tertiary alicyclic amines) is 1. The third kappa shape index (κ3) is 9.08. The van der Waals surface area contributed by atoms with Gasteiger partial charge >= 0.3 is 0 Å². The van der Waals surface area contributed by atoms with Gasteiger partial charge in [-0.15, -0.1) is 0 Å². The molecule has 0 aromatic carbocycles. The van der Waals surface area contributed by atoms with Crippen LogP contribution in [0.4, 0.5) is 0 Å². The second-order valence-corrected chi connectivity index (χ2v) is 8.03. The highest BCUT2D eigenvalue weighted by Gasteiger charge is 2.24. The van der Waals surface area contributed by atoms with Crippen LogP contribution >= 0.6 is 0 Å². The molecule has 2 nitrogen and oxygen atoms in total. The van der Waals surface area contributed by atoms with Crippen LogP contribution in [0.2, 0.25) is 0 Å². The Bertz CT molecular complexity index is 315. The molecule has 2 unspecified atom stereocenters. The monoisotopic (exact) mass is 337 g/mol. The highest BCUT2D eigenvalue weighted by atomic mass is 16.2. The topological polar surface area (TPSA) is 20.3 Å². The minimum absolute atomic E-state index is 0.426. The average molecular weight is 338 g/mol. The fourth-order valence-electron chi connectivity index (χ4n) is 4.06. The molecule has 1 heterocycles. The molecule has 0 aromatic rings. The molecule has 0 bridgehead atoms. The maximum atomic E-state index is 12.5. The van der Waals surface area contributed by atoms with Crippen molar-refractivity contribution in [2.45, 2.75) is 111 Å². The molecule has 24 heavy (non-hydrogen) atoms. The number of rotatable bonds is 13. The minimum atomic E-state index is 0.426. The molecule has 1 saturated heterocycles. The lowest BCUT2D eigenvalue weighted by Crippen LogP contribution is -2.37. The van der Waals surface area contributed by atoms with Crippen LogP contribution in [0.25, 0.3) is 0 Å². The van der Waals surface area contributed by atoms with E-state index in [9.17, 15) is 4.79 Å². The summed E-state index contributed by atoms with van der Waals surface area (Å²) in [4.78, 5) is 14.7. The quantitative estimate of drug-likeness (QED) is 0.347. The van der Waals surface area contributed by atoms with Crippen molar-refractivity contribution < 1.29 is 4.79 Å². The van der Waals surface area contributed by atoms with Crippen molar-refractivity contribution in [2.75, 3.05) is 13.1 Å². The van der Waals surface area contributed by atoms with Crippen LogP contribution in [0.15, 0.2) is 0 Å². The summed E-state index contributed by atoms with van der Waals surface area (Å²) >= 11 is 0. The van der Waals surface area contributed by atoms with Crippen molar-refractivity contribution in [1.29, 1.82) is 0 Å². The lowest BCUT2D eigenvalue weighted by atomic mass is 9.95. The Labute approximate surface area is 151 Å². The zero-order valence-electron chi connectivity index (χ0n) is 16.8. The maximum absolute atomic E-state index is 12.5. The summed E-state index contributed by atoms with van der Waals surface area (Å²) in [6.45, 7) is 8.89. The van der Waals surface area contributed by atoms with Crippen molar-refractivity contribution in [3.05, 3.63) is 0 Å². The molecule has 2 heteroatoms. The lowest BCUT2D eigenvalue weighted by molar-refractivity contribution is -0.131. The molecule has 0 radical (unpaired) electrons. The van der Waals surface area contributed by atoms with Crippen LogP contribution < -0.4 is 0 Å². The van der Waals surface area contributed by atoms with E-state index in [1.54, 1.807) is 0 Å². The molecule has 0 saturated carbocycles. The van der Waals surface area contributed by atoms with Gasteiger partial charge < -0.3 is 4.90 Å². The van der Waals surface area contributed by atoms with Gasteiger partial charge in [-0.2, -0.15) is 0 Å². The second-order valence-electron chi connectivity index (χ2n) is 8.03. The zero-order valence-corrected chi connectivity index (χ0v) is 16.8. The minimum Gasteiger partial charge on any atom is -0.342 e. The second kappa shape index (κ2) is 13.7. The summed E-state index contributed by atoms with van der Waals surface area (Å²) in [5, 5.41) is 0. The van der Waals surface area contributed by atoms with E-state index in [2.05, 4.69) is 25.7 Å². The molecular formula is C22H43NO. The first-order valence-corrected chi connectivity index (χ1v) is 11.0. The van der Waals surface area contributed by atoms with Crippen LogP contribution in [0.3, 0.4) is 0 Å². The van der Waals surface area contributed by atoms with E-state index in [1.165, 1.54) is 77.0 Å². The smallest absolute Gasteiger partial charge is 0.222 e. The summed E-state index contributed by atoms with van der Waals surface area (Å²) in [6, 6.07) is 0. The molecule has 0 aromatic heterocycles. The Morgan fingerprint density at radius 1 is 1.00 bits per heavy atom. The van der Waals surface area contributed by atoms with Crippen molar-refractivity contribution in [3.8, 4) is 0 Å². The normalized spacial score (nSPS) is 20.2. The molecule has 1 aliphatic heterocycles. The predicted octanol–water partition coefficient (Wildman–Crippen LogP) is 6.58. The van der Waals surface area contributed by atoms with Gasteiger partial charge in [-0.05, 0) is 37.5 Å². The van der Waals surface area contributed by atoms with Gasteiger partial charge in [-0.3, -0.25) is 4.79 Å². The van der Waals surface area contributed by atoms with Crippen molar-refractivity contribution >= 4 is 5.91 Å². The van der Waals surface area contributed by atoms with E-state index in [-0.39, 0.29) is 0 Å². The van der Waals surface area contributed by atoms with Gasteiger partial charge in [0, 0.05) is 19.5 Å². The SMILES string of the molecule is CCCCCCCCC1CCCC(=O)N(CC(CC)CCCC)C1. The first-order valence-electron chi connectivity index (χ1n) is 11.0. The van der Waals surface area contributed by atoms with Crippen molar-refractivity contribution in [2.24, 2.45) is 11.8 Å². The number of amides is 1. The Morgan fingerprint density at radius 2 is 1.71 bits per heavy atom. The number of hydrogen-bond acceptors (Lipinski definition) is 1. The summed E-state index contributed by atoms with van der Waals surface area (Å²) in [6.07, 6.45) is 17.9. The molecule has 0 aliphatic carbocycles. The fraction of sp³-hybridized carbons (Fsp3) is 0.955. The van der Waals surface area contributed by atoms with Gasteiger partial charge in [-0.1, -0.05) is 78.6 Å². The summed E-state index contributed by atoms with van der Waals surface area (Å²) in [7, 11) is 0. The molecule has 1 fully saturated rings. The van der Waals surface area contributed by atoms with Gasteiger partial charge in [-0.25, -0.2) is 0 Å². The van der Waals surface area contributed by atoms with Gasteiger partial charge in [0.15, 0.2) is 0 Å². The molecule has 1 aliphatic rings. The molecule has 0 N–H and O–H groups in total. The fourth-order valence-corrected chi connectivity index (χ4v) is 4.06. The molecule has 2 atom stereocenters. The van der Waals surface area contributed by atoms with E-state index in [4.69, 9.17) is 0 Å². The summed E-state index contributed by atoms with van der Waals surface area (Å²) in [5.41, 5.74) is 0. The third-order valence-corrected chi connectivity index (χ3v) is 5.82. The van der Waals surface area contributed by atoms with E-state index in [0.29, 0.717) is 11.8 Å². The number of unbranched alkanes of at least 4 members (excludes halogenated alkanes) is 6. The van der Waals surface area contributed by atoms with Crippen LogP contribution in [-0.2, 0) is 4.79 Å². The Hall–Kier alpha value is -0.530. The van der Waals surface area contributed by atoms with E-state index >= 15 is 0 Å². The van der Waals surface area contributed by atoms with Crippen molar-refractivity contribution in [3.63, 3.8) is 0 Å². The molecule has 1 amide bonds. The summed E-state index contributed by atoms with van der Waals surface area (Å²) < 4.78 is 0. The number of carbonyl (C=O) groups excluding carboxylic acids is 1. The molecule has 0 spiro atoms. The Morgan fingerprint density at radius 3 is 2.42 bits per heavy atom. The standard InChI is InChI=1S/C22H43NO/c1-4-7-9-10-11-12-15-21-16-13-17-22(24)23(19-21)18-20(6-3)14-8-5-2/h20-21H,4-19H2,1-3H3. The molecule has 1 rings (SSSR count). The summed E-state index contributed by atoms with van der Waals surface area (Å²) in [5.74, 6) is 1.89. The first-order chi connectivity index (χ1) is 11.7. The molecule has 142 valence electrons. The number of hydrogen-bond donors (Lipinski definition) is 0.